The van der Waals surface area contributed by atoms with E-state index in [1.54, 1.807) is 72.8 Å². The van der Waals surface area contributed by atoms with Crippen LogP contribution < -0.4 is 36.1 Å². The van der Waals surface area contributed by atoms with Gasteiger partial charge >= 0.3 is 0 Å². The SMILES string of the molecule is CNC(O)CC(C)C.COCCNC(=O)C(Cc1ccc(OCCn2cc(COc3ccccc3C=O)nn2)cc1)NC(=O)[C@H](Cc1csc2ccccc12)NC(=O)C1CCCN1. The van der Waals surface area contributed by atoms with Crippen molar-refractivity contribution in [3.05, 3.63) is 107 Å². The summed E-state index contributed by atoms with van der Waals surface area (Å²) in [7, 11) is 3.31. The summed E-state index contributed by atoms with van der Waals surface area (Å²) in [6.07, 6.45) is 5.07. The van der Waals surface area contributed by atoms with Gasteiger partial charge in [0.25, 0.3) is 0 Å². The highest BCUT2D eigenvalue weighted by Crippen LogP contribution is 2.27. The Labute approximate surface area is 372 Å². The largest absolute Gasteiger partial charge is 0.492 e. The molecular weight excluding hydrogens is 825 g/mol. The number of amides is 3. The molecule has 4 atom stereocenters. The molecule has 0 spiro atoms. The number of nitrogens with one attached hydrogen (secondary N) is 5. The van der Waals surface area contributed by atoms with Gasteiger partial charge in [0.1, 0.15) is 48.7 Å². The lowest BCUT2D eigenvalue weighted by Crippen LogP contribution is -2.57. The van der Waals surface area contributed by atoms with E-state index in [0.717, 1.165) is 46.9 Å². The molecule has 3 amide bonds. The number of benzene rings is 3. The van der Waals surface area contributed by atoms with E-state index in [1.807, 2.05) is 41.8 Å². The molecule has 6 rings (SSSR count). The van der Waals surface area contributed by atoms with Crippen LogP contribution in [0.15, 0.2) is 84.4 Å². The summed E-state index contributed by atoms with van der Waals surface area (Å²) in [5.41, 5.74) is 2.83. The zero-order chi connectivity index (χ0) is 45.0. The maximum absolute atomic E-state index is 14.0. The Balaban J connectivity index is 0.000000852. The number of aliphatic hydroxyl groups is 1. The van der Waals surface area contributed by atoms with E-state index in [0.29, 0.717) is 54.9 Å². The van der Waals surface area contributed by atoms with Gasteiger partial charge in [0.2, 0.25) is 17.7 Å². The van der Waals surface area contributed by atoms with Crippen LogP contribution in [0.5, 0.6) is 11.5 Å². The third-order valence-electron chi connectivity index (χ3n) is 10.2. The van der Waals surface area contributed by atoms with Crippen molar-refractivity contribution in [2.75, 3.05) is 40.5 Å². The molecule has 1 aliphatic rings. The number of aromatic nitrogens is 3. The zero-order valence-corrected chi connectivity index (χ0v) is 37.2. The normalized spacial score (nSPS) is 14.9. The summed E-state index contributed by atoms with van der Waals surface area (Å²) < 4.78 is 19.5. The number of carbonyl (C=O) groups excluding carboxylic acids is 4. The fraction of sp³-hybridized carbons (Fsp3) is 0.435. The van der Waals surface area contributed by atoms with Crippen LogP contribution in [0.2, 0.25) is 0 Å². The van der Waals surface area contributed by atoms with Gasteiger partial charge in [0.05, 0.1) is 31.0 Å². The Morgan fingerprint density at radius 1 is 0.968 bits per heavy atom. The second-order valence-corrected chi connectivity index (χ2v) is 16.5. The molecule has 0 saturated carbocycles. The predicted molar refractivity (Wildman–Crippen MR) is 242 cm³/mol. The summed E-state index contributed by atoms with van der Waals surface area (Å²) in [6, 6.07) is 20.1. The van der Waals surface area contributed by atoms with Gasteiger partial charge in [-0.1, -0.05) is 61.5 Å². The molecule has 0 aliphatic carbocycles. The summed E-state index contributed by atoms with van der Waals surface area (Å²) in [6.45, 7) is 6.43. The minimum absolute atomic E-state index is 0.165. The molecule has 338 valence electrons. The van der Waals surface area contributed by atoms with Crippen LogP contribution in [0, 0.1) is 5.92 Å². The van der Waals surface area contributed by atoms with Gasteiger partial charge in [-0.3, -0.25) is 24.5 Å². The maximum atomic E-state index is 14.0. The molecule has 6 N–H and O–H groups in total. The summed E-state index contributed by atoms with van der Waals surface area (Å²) in [4.78, 5) is 51.9. The minimum Gasteiger partial charge on any atom is -0.492 e. The molecule has 2 aromatic heterocycles. The van der Waals surface area contributed by atoms with Crippen molar-refractivity contribution in [2.45, 2.75) is 83.5 Å². The lowest BCUT2D eigenvalue weighted by atomic mass is 10.0. The number of aliphatic hydroxyl groups excluding tert-OH is 1. The Bertz CT molecular complexity index is 2190. The number of carbonyl (C=O) groups is 4. The smallest absolute Gasteiger partial charge is 0.243 e. The number of methoxy groups -OCH3 is 1. The van der Waals surface area contributed by atoms with E-state index >= 15 is 0 Å². The molecule has 17 heteroatoms. The molecule has 3 aromatic carbocycles. The predicted octanol–water partition coefficient (Wildman–Crippen LogP) is 3.80. The number of thiophene rings is 1. The average molecular weight is 885 g/mol. The van der Waals surface area contributed by atoms with E-state index in [4.69, 9.17) is 19.3 Å². The van der Waals surface area contributed by atoms with Crippen LogP contribution in [-0.4, -0.2) is 109 Å². The quantitative estimate of drug-likeness (QED) is 0.0315. The summed E-state index contributed by atoms with van der Waals surface area (Å²) in [5.74, 6) is 0.630. The molecule has 0 radical (unpaired) electrons. The molecule has 5 aromatic rings. The first-order chi connectivity index (χ1) is 30.6. The third-order valence-corrected chi connectivity index (χ3v) is 11.2. The highest BCUT2D eigenvalue weighted by Gasteiger charge is 2.31. The van der Waals surface area contributed by atoms with Gasteiger partial charge in [0, 0.05) is 31.2 Å². The molecule has 1 saturated heterocycles. The highest BCUT2D eigenvalue weighted by atomic mass is 32.1. The van der Waals surface area contributed by atoms with Gasteiger partial charge in [-0.25, -0.2) is 4.68 Å². The van der Waals surface area contributed by atoms with Crippen molar-refractivity contribution in [1.82, 2.24) is 41.6 Å². The van der Waals surface area contributed by atoms with Crippen LogP contribution in [0.25, 0.3) is 10.1 Å². The molecule has 16 nitrogen and oxygen atoms in total. The lowest BCUT2D eigenvalue weighted by molar-refractivity contribution is -0.132. The fourth-order valence-corrected chi connectivity index (χ4v) is 7.81. The van der Waals surface area contributed by atoms with Crippen molar-refractivity contribution in [1.29, 1.82) is 0 Å². The van der Waals surface area contributed by atoms with Crippen LogP contribution in [0.4, 0.5) is 0 Å². The molecule has 1 aliphatic heterocycles. The van der Waals surface area contributed by atoms with Gasteiger partial charge in [-0.15, -0.1) is 16.4 Å². The number of nitrogens with zero attached hydrogens (tertiary/aromatic N) is 3. The maximum Gasteiger partial charge on any atom is 0.243 e. The van der Waals surface area contributed by atoms with E-state index in [9.17, 15) is 19.2 Å². The van der Waals surface area contributed by atoms with Crippen LogP contribution >= 0.6 is 11.3 Å². The van der Waals surface area contributed by atoms with E-state index < -0.39 is 18.0 Å². The van der Waals surface area contributed by atoms with Crippen molar-refractivity contribution >= 4 is 45.4 Å². The number of para-hydroxylation sites is 1. The van der Waals surface area contributed by atoms with Crippen molar-refractivity contribution in [3.8, 4) is 11.5 Å². The van der Waals surface area contributed by atoms with Gasteiger partial charge in [0.15, 0.2) is 6.29 Å². The number of ether oxygens (including phenoxy) is 3. The van der Waals surface area contributed by atoms with Gasteiger partial charge in [-0.2, -0.15) is 0 Å². The Hall–Kier alpha value is -5.72. The molecule has 63 heavy (non-hydrogen) atoms. The summed E-state index contributed by atoms with van der Waals surface area (Å²) >= 11 is 1.59. The number of aldehydes is 1. The second kappa shape index (κ2) is 25.4. The first-order valence-corrected chi connectivity index (χ1v) is 22.1. The third kappa shape index (κ3) is 15.5. The Morgan fingerprint density at radius 2 is 1.73 bits per heavy atom. The molecule has 3 unspecified atom stereocenters. The van der Waals surface area contributed by atoms with Crippen LogP contribution in [0.3, 0.4) is 0 Å². The van der Waals surface area contributed by atoms with E-state index in [1.165, 1.54) is 0 Å². The highest BCUT2D eigenvalue weighted by molar-refractivity contribution is 7.17. The van der Waals surface area contributed by atoms with E-state index in [2.05, 4.69) is 50.7 Å². The van der Waals surface area contributed by atoms with Crippen LogP contribution in [-0.2, 0) is 45.1 Å². The first-order valence-electron chi connectivity index (χ1n) is 21.3. The number of hydrogen-bond acceptors (Lipinski definition) is 13. The fourth-order valence-electron chi connectivity index (χ4n) is 6.84. The second-order valence-electron chi connectivity index (χ2n) is 15.6. The topological polar surface area (TPSA) is 207 Å². The lowest BCUT2D eigenvalue weighted by Gasteiger charge is -2.24. The molecule has 0 bridgehead atoms. The van der Waals surface area contributed by atoms with E-state index in [-0.39, 0.29) is 50.1 Å². The summed E-state index contributed by atoms with van der Waals surface area (Å²) in [5, 5.41) is 34.9. The average Bonchev–Trinajstić information content (AvgIpc) is 4.09. The number of hydrogen-bond donors (Lipinski definition) is 6. The Kier molecular flexibility index (Phi) is 19.5. The molecule has 1 fully saturated rings. The van der Waals surface area contributed by atoms with Crippen molar-refractivity contribution in [3.63, 3.8) is 0 Å². The van der Waals surface area contributed by atoms with Gasteiger partial charge < -0.3 is 40.6 Å². The number of fused-ring (bicyclic) bond motifs is 1. The molecule has 3 heterocycles. The van der Waals surface area contributed by atoms with Crippen LogP contribution in [0.1, 0.15) is 60.3 Å². The minimum atomic E-state index is -0.920. The zero-order valence-electron chi connectivity index (χ0n) is 36.4. The van der Waals surface area contributed by atoms with Crippen molar-refractivity contribution < 1.29 is 38.5 Å². The first kappa shape index (κ1) is 48.3. The number of rotatable bonds is 23. The van der Waals surface area contributed by atoms with Crippen molar-refractivity contribution in [2.24, 2.45) is 5.92 Å². The molecular formula is C46H60N8O8S. The van der Waals surface area contributed by atoms with Gasteiger partial charge in [-0.05, 0) is 91.0 Å². The standard InChI is InChI=1S/C40H45N7O7S.C6H15NO/c1-52-19-17-42-38(49)34(43-40(51)35(44-39(50)33-9-6-16-41-33)22-29-26-55-37-11-5-3-8-32(29)37)21-27-12-14-31(15-13-27)53-20-18-47-23-30(45-46-47)25-54-36-10-4-2-7-28(36)24-48;1-5(2)4-6(8)7-3/h2-5,7-8,10-15,23-24,26,33-35,41H,6,9,16-22,25H2,1H3,(H,42,49)(H,43,51)(H,44,50);5-8H,4H2,1-3H3/t33?,34?,35-;/m0./s1. The monoisotopic (exact) mass is 884 g/mol. The Morgan fingerprint density at radius 3 is 2.44 bits per heavy atom.